The second-order valence-electron chi connectivity index (χ2n) is 4.85. The number of carbonyl (C=O) groups is 1. The minimum absolute atomic E-state index is 0.0145. The molecule has 1 aromatic carbocycles. The van der Waals surface area contributed by atoms with E-state index in [-0.39, 0.29) is 5.91 Å². The van der Waals surface area contributed by atoms with Gasteiger partial charge in [-0.25, -0.2) is 4.98 Å². The molecule has 0 aliphatic carbocycles. The Bertz CT molecular complexity index is 723. The summed E-state index contributed by atoms with van der Waals surface area (Å²) in [4.78, 5) is 18.7. The van der Waals surface area contributed by atoms with Crippen molar-refractivity contribution < 1.29 is 4.79 Å². The van der Waals surface area contributed by atoms with Crippen LogP contribution in [0.4, 0.5) is 0 Å². The Labute approximate surface area is 123 Å². The molecule has 0 radical (unpaired) electrons. The molecule has 0 saturated heterocycles. The highest BCUT2D eigenvalue weighted by Gasteiger charge is 2.22. The van der Waals surface area contributed by atoms with Crippen LogP contribution in [0.15, 0.2) is 36.7 Å². The summed E-state index contributed by atoms with van der Waals surface area (Å²) < 4.78 is 2.08. The topological polar surface area (TPSA) is 64.2 Å². The first-order valence-corrected chi connectivity index (χ1v) is 6.86. The summed E-state index contributed by atoms with van der Waals surface area (Å²) in [6.07, 6.45) is 3.71. The van der Waals surface area contributed by atoms with E-state index in [1.54, 1.807) is 6.20 Å². The fraction of sp³-hybridized carbons (Fsp3) is 0.250. The number of fused-ring (bicyclic) bond motifs is 1. The molecule has 5 heteroatoms. The van der Waals surface area contributed by atoms with Crippen LogP contribution in [-0.2, 0) is 13.1 Å². The van der Waals surface area contributed by atoms with Gasteiger partial charge in [0.05, 0.1) is 13.1 Å². The number of aromatic nitrogens is 2. The minimum Gasteiger partial charge on any atom is -0.332 e. The van der Waals surface area contributed by atoms with Crippen molar-refractivity contribution in [1.82, 2.24) is 14.5 Å². The van der Waals surface area contributed by atoms with Gasteiger partial charge in [-0.3, -0.25) is 4.79 Å². The van der Waals surface area contributed by atoms with E-state index in [1.807, 2.05) is 35.4 Å². The molecule has 2 N–H and O–H groups in total. The zero-order chi connectivity index (χ0) is 14.7. The van der Waals surface area contributed by atoms with Gasteiger partial charge in [-0.2, -0.15) is 0 Å². The Morgan fingerprint density at radius 2 is 2.29 bits per heavy atom. The van der Waals surface area contributed by atoms with Gasteiger partial charge in [0, 0.05) is 36.6 Å². The van der Waals surface area contributed by atoms with E-state index in [9.17, 15) is 4.79 Å². The quantitative estimate of drug-likeness (QED) is 0.788. The van der Waals surface area contributed by atoms with Crippen LogP contribution in [0.1, 0.15) is 21.7 Å². The monoisotopic (exact) mass is 280 g/mol. The first kappa shape index (κ1) is 13.4. The van der Waals surface area contributed by atoms with Gasteiger partial charge in [-0.1, -0.05) is 17.9 Å². The van der Waals surface area contributed by atoms with Crippen LogP contribution < -0.4 is 5.73 Å². The predicted molar refractivity (Wildman–Crippen MR) is 79.3 cm³/mol. The van der Waals surface area contributed by atoms with Crippen molar-refractivity contribution >= 4 is 5.91 Å². The Hall–Kier alpha value is -2.58. The summed E-state index contributed by atoms with van der Waals surface area (Å²) in [6.45, 7) is 2.34. The Morgan fingerprint density at radius 1 is 1.38 bits per heavy atom. The normalized spacial score (nSPS) is 13.3. The van der Waals surface area contributed by atoms with Crippen molar-refractivity contribution in [2.75, 3.05) is 13.1 Å². The van der Waals surface area contributed by atoms with Crippen molar-refractivity contribution in [3.63, 3.8) is 0 Å². The van der Waals surface area contributed by atoms with Crippen molar-refractivity contribution in [3.05, 3.63) is 53.6 Å². The Kier molecular flexibility index (Phi) is 3.71. The lowest BCUT2D eigenvalue weighted by Gasteiger charge is -2.27. The van der Waals surface area contributed by atoms with Crippen molar-refractivity contribution in [1.29, 1.82) is 0 Å². The molecule has 0 unspecified atom stereocenters. The van der Waals surface area contributed by atoms with Crippen LogP contribution >= 0.6 is 0 Å². The Morgan fingerprint density at radius 3 is 3.14 bits per heavy atom. The van der Waals surface area contributed by atoms with Gasteiger partial charge in [0.25, 0.3) is 5.91 Å². The summed E-state index contributed by atoms with van der Waals surface area (Å²) in [5.41, 5.74) is 6.83. The van der Waals surface area contributed by atoms with Crippen LogP contribution in [0.5, 0.6) is 0 Å². The van der Waals surface area contributed by atoms with E-state index >= 15 is 0 Å². The average molecular weight is 280 g/mol. The standard InChI is InChI=1S/C16H16N4O/c17-6-2-4-13-3-1-5-14(11-13)16(21)20-10-9-19-8-7-18-15(19)12-20/h1,3,5,7-8,11H,6,9-10,12,17H2. The molecular formula is C16H16N4O. The van der Waals surface area contributed by atoms with E-state index in [1.165, 1.54) is 0 Å². The molecule has 1 aliphatic rings. The second kappa shape index (κ2) is 5.81. The van der Waals surface area contributed by atoms with E-state index in [4.69, 9.17) is 5.73 Å². The number of hydrogen-bond donors (Lipinski definition) is 1. The van der Waals surface area contributed by atoms with Gasteiger partial charge in [0.15, 0.2) is 0 Å². The first-order chi connectivity index (χ1) is 10.3. The van der Waals surface area contributed by atoms with Gasteiger partial charge in [0.1, 0.15) is 5.82 Å². The molecule has 0 spiro atoms. The minimum atomic E-state index is 0.0145. The van der Waals surface area contributed by atoms with Gasteiger partial charge >= 0.3 is 0 Å². The number of imidazole rings is 1. The molecule has 5 nitrogen and oxygen atoms in total. The smallest absolute Gasteiger partial charge is 0.254 e. The Balaban J connectivity index is 1.80. The lowest BCUT2D eigenvalue weighted by molar-refractivity contribution is 0.0707. The zero-order valence-electron chi connectivity index (χ0n) is 11.6. The maximum absolute atomic E-state index is 12.6. The largest absolute Gasteiger partial charge is 0.332 e. The highest BCUT2D eigenvalue weighted by Crippen LogP contribution is 2.14. The van der Waals surface area contributed by atoms with Crippen molar-refractivity contribution in [2.45, 2.75) is 13.1 Å². The lowest BCUT2D eigenvalue weighted by atomic mass is 10.1. The van der Waals surface area contributed by atoms with E-state index in [2.05, 4.69) is 21.4 Å². The number of nitrogens with two attached hydrogens (primary N) is 1. The van der Waals surface area contributed by atoms with Gasteiger partial charge < -0.3 is 15.2 Å². The van der Waals surface area contributed by atoms with Crippen LogP contribution in [0.3, 0.4) is 0 Å². The maximum atomic E-state index is 12.6. The molecule has 0 saturated carbocycles. The lowest BCUT2D eigenvalue weighted by Crippen LogP contribution is -2.38. The molecule has 2 aromatic rings. The second-order valence-corrected chi connectivity index (χ2v) is 4.85. The third-order valence-electron chi connectivity index (χ3n) is 3.48. The fourth-order valence-corrected chi connectivity index (χ4v) is 2.41. The van der Waals surface area contributed by atoms with Crippen LogP contribution in [0.2, 0.25) is 0 Å². The molecule has 0 bridgehead atoms. The van der Waals surface area contributed by atoms with E-state index in [0.29, 0.717) is 25.2 Å². The molecular weight excluding hydrogens is 264 g/mol. The van der Waals surface area contributed by atoms with Crippen LogP contribution in [-0.4, -0.2) is 33.4 Å². The molecule has 21 heavy (non-hydrogen) atoms. The number of benzene rings is 1. The fourth-order valence-electron chi connectivity index (χ4n) is 2.41. The molecule has 0 atom stereocenters. The number of nitrogens with zero attached hydrogens (tertiary/aromatic N) is 3. The van der Waals surface area contributed by atoms with E-state index < -0.39 is 0 Å². The molecule has 106 valence electrons. The summed E-state index contributed by atoms with van der Waals surface area (Å²) >= 11 is 0. The van der Waals surface area contributed by atoms with Gasteiger partial charge in [-0.05, 0) is 18.2 Å². The number of carbonyl (C=O) groups excluding carboxylic acids is 1. The zero-order valence-corrected chi connectivity index (χ0v) is 11.6. The molecule has 0 fully saturated rings. The summed E-state index contributed by atoms with van der Waals surface area (Å²) in [7, 11) is 0. The summed E-state index contributed by atoms with van der Waals surface area (Å²) in [6, 6.07) is 7.35. The highest BCUT2D eigenvalue weighted by atomic mass is 16.2. The molecule has 1 aliphatic heterocycles. The first-order valence-electron chi connectivity index (χ1n) is 6.86. The number of rotatable bonds is 1. The van der Waals surface area contributed by atoms with Crippen molar-refractivity contribution in [2.24, 2.45) is 5.73 Å². The number of hydrogen-bond acceptors (Lipinski definition) is 3. The summed E-state index contributed by atoms with van der Waals surface area (Å²) in [5.74, 6) is 6.69. The number of amides is 1. The third-order valence-corrected chi connectivity index (χ3v) is 3.48. The van der Waals surface area contributed by atoms with Crippen LogP contribution in [0.25, 0.3) is 0 Å². The molecule has 1 aromatic heterocycles. The maximum Gasteiger partial charge on any atom is 0.254 e. The van der Waals surface area contributed by atoms with Gasteiger partial charge in [-0.15, -0.1) is 0 Å². The molecule has 1 amide bonds. The highest BCUT2D eigenvalue weighted by molar-refractivity contribution is 5.94. The average Bonchev–Trinajstić information content (AvgIpc) is 3.00. The molecule has 3 rings (SSSR count). The predicted octanol–water partition coefficient (Wildman–Crippen LogP) is 0.849. The summed E-state index contributed by atoms with van der Waals surface area (Å²) in [5, 5.41) is 0. The van der Waals surface area contributed by atoms with Crippen molar-refractivity contribution in [3.8, 4) is 11.8 Å². The SMILES string of the molecule is NCC#Cc1cccc(C(=O)N2CCn3ccnc3C2)c1. The third kappa shape index (κ3) is 2.81. The molecule has 2 heterocycles. The van der Waals surface area contributed by atoms with Gasteiger partial charge in [0.2, 0.25) is 0 Å². The van der Waals surface area contributed by atoms with E-state index in [0.717, 1.165) is 17.9 Å². The van der Waals surface area contributed by atoms with Crippen LogP contribution in [0, 0.1) is 11.8 Å².